The molecule has 156 valence electrons. The Morgan fingerprint density at radius 3 is 2.40 bits per heavy atom. The number of ketones is 1. The summed E-state index contributed by atoms with van der Waals surface area (Å²) < 4.78 is 5.23. The minimum atomic E-state index is -0.0866. The van der Waals surface area contributed by atoms with Gasteiger partial charge in [0, 0.05) is 44.0 Å². The first-order valence-corrected chi connectivity index (χ1v) is 10.3. The minimum absolute atomic E-state index is 0.0866. The number of aryl methyl sites for hydroxylation is 1. The molecule has 3 aromatic rings. The van der Waals surface area contributed by atoms with Crippen molar-refractivity contribution in [2.75, 3.05) is 44.7 Å². The van der Waals surface area contributed by atoms with E-state index in [1.54, 1.807) is 30.2 Å². The van der Waals surface area contributed by atoms with Gasteiger partial charge in [-0.25, -0.2) is 0 Å². The number of rotatable bonds is 8. The van der Waals surface area contributed by atoms with E-state index in [0.717, 1.165) is 44.9 Å². The van der Waals surface area contributed by atoms with Crippen molar-refractivity contribution in [3.8, 4) is 5.75 Å². The number of ether oxygens (including phenoxy) is 1. The predicted octanol–water partition coefficient (Wildman–Crippen LogP) is 2.73. The van der Waals surface area contributed by atoms with E-state index in [0.29, 0.717) is 17.8 Å². The first-order valence-electron chi connectivity index (χ1n) is 10.3. The third-order valence-corrected chi connectivity index (χ3v) is 5.45. The highest BCUT2D eigenvalue weighted by Crippen LogP contribution is 2.20. The maximum absolute atomic E-state index is 12.4. The largest absolute Gasteiger partial charge is 0.497 e. The van der Waals surface area contributed by atoms with E-state index >= 15 is 0 Å². The maximum Gasteiger partial charge on any atom is 0.214 e. The summed E-state index contributed by atoms with van der Waals surface area (Å²) in [6.45, 7) is 5.82. The third-order valence-electron chi connectivity index (χ3n) is 5.45. The molecule has 4 rings (SSSR count). The molecule has 7 nitrogen and oxygen atoms in total. The Hall–Kier alpha value is -3.19. The van der Waals surface area contributed by atoms with Crippen LogP contribution in [0, 0.1) is 0 Å². The van der Waals surface area contributed by atoms with Gasteiger partial charge < -0.3 is 9.64 Å². The van der Waals surface area contributed by atoms with E-state index in [9.17, 15) is 4.79 Å². The number of piperazine rings is 1. The number of nitrogens with zero attached hydrogens (tertiary/aromatic N) is 5. The van der Waals surface area contributed by atoms with Crippen molar-refractivity contribution in [3.05, 3.63) is 72.1 Å². The summed E-state index contributed by atoms with van der Waals surface area (Å²) in [5, 5.41) is 8.61. The molecule has 0 radical (unpaired) electrons. The Morgan fingerprint density at radius 1 is 0.967 bits per heavy atom. The number of carbonyl (C=O) groups is 1. The van der Waals surface area contributed by atoms with Crippen LogP contribution < -0.4 is 9.64 Å². The zero-order valence-electron chi connectivity index (χ0n) is 17.3. The van der Waals surface area contributed by atoms with Crippen molar-refractivity contribution in [3.63, 3.8) is 0 Å². The molecule has 2 heterocycles. The molecule has 0 atom stereocenters. The second-order valence-electron chi connectivity index (χ2n) is 7.40. The summed E-state index contributed by atoms with van der Waals surface area (Å²) in [4.78, 5) is 18.9. The van der Waals surface area contributed by atoms with Crippen LogP contribution in [0.5, 0.6) is 5.75 Å². The molecule has 0 amide bonds. The summed E-state index contributed by atoms with van der Waals surface area (Å²) in [6, 6.07) is 17.5. The van der Waals surface area contributed by atoms with Gasteiger partial charge in [0.25, 0.3) is 0 Å². The number of carbonyl (C=O) groups excluding carboxylic acids is 1. The highest BCUT2D eigenvalue weighted by atomic mass is 16.5. The number of hydrogen-bond donors (Lipinski definition) is 0. The highest BCUT2D eigenvalue weighted by Gasteiger charge is 2.17. The third kappa shape index (κ3) is 4.86. The van der Waals surface area contributed by atoms with Crippen LogP contribution in [0.2, 0.25) is 0 Å². The molecule has 0 N–H and O–H groups in total. The van der Waals surface area contributed by atoms with Gasteiger partial charge in [0.2, 0.25) is 5.78 Å². The van der Waals surface area contributed by atoms with Crippen LogP contribution in [0.4, 0.5) is 5.69 Å². The SMILES string of the molecule is COc1ccc(N2CCN(CCCn3ncc(C(=O)c4ccccc4)n3)CC2)cc1. The highest BCUT2D eigenvalue weighted by molar-refractivity contribution is 6.07. The Morgan fingerprint density at radius 2 is 1.70 bits per heavy atom. The van der Waals surface area contributed by atoms with E-state index < -0.39 is 0 Å². The molecule has 0 saturated carbocycles. The van der Waals surface area contributed by atoms with E-state index in [2.05, 4.69) is 32.1 Å². The van der Waals surface area contributed by atoms with Crippen LogP contribution in [0.3, 0.4) is 0 Å². The molecule has 30 heavy (non-hydrogen) atoms. The van der Waals surface area contributed by atoms with Crippen molar-refractivity contribution >= 4 is 11.5 Å². The molecule has 0 aliphatic carbocycles. The summed E-state index contributed by atoms with van der Waals surface area (Å²) >= 11 is 0. The van der Waals surface area contributed by atoms with Gasteiger partial charge in [0.05, 0.1) is 19.9 Å². The average Bonchev–Trinajstić information content (AvgIpc) is 3.29. The molecule has 1 aliphatic heterocycles. The summed E-state index contributed by atoms with van der Waals surface area (Å²) in [5.74, 6) is 0.801. The molecular weight excluding hydrogens is 378 g/mol. The molecule has 1 aromatic heterocycles. The smallest absolute Gasteiger partial charge is 0.214 e. The van der Waals surface area contributed by atoms with Crippen LogP contribution in [0.1, 0.15) is 22.5 Å². The molecule has 7 heteroatoms. The topological polar surface area (TPSA) is 63.5 Å². The fourth-order valence-electron chi connectivity index (χ4n) is 3.70. The van der Waals surface area contributed by atoms with Crippen LogP contribution in [-0.2, 0) is 6.54 Å². The van der Waals surface area contributed by atoms with Crippen molar-refractivity contribution in [1.29, 1.82) is 0 Å². The van der Waals surface area contributed by atoms with Gasteiger partial charge >= 0.3 is 0 Å². The van der Waals surface area contributed by atoms with Crippen LogP contribution in [0.15, 0.2) is 60.8 Å². The first-order chi connectivity index (χ1) is 14.7. The lowest BCUT2D eigenvalue weighted by Crippen LogP contribution is -2.46. The van der Waals surface area contributed by atoms with E-state index in [-0.39, 0.29) is 5.78 Å². The molecule has 1 fully saturated rings. The second-order valence-corrected chi connectivity index (χ2v) is 7.40. The van der Waals surface area contributed by atoms with Crippen molar-refractivity contribution in [2.24, 2.45) is 0 Å². The Labute approximate surface area is 176 Å². The Balaban J connectivity index is 1.21. The van der Waals surface area contributed by atoms with Crippen molar-refractivity contribution in [1.82, 2.24) is 19.9 Å². The zero-order valence-corrected chi connectivity index (χ0v) is 17.3. The molecule has 2 aromatic carbocycles. The lowest BCUT2D eigenvalue weighted by atomic mass is 10.1. The zero-order chi connectivity index (χ0) is 20.8. The van der Waals surface area contributed by atoms with Gasteiger partial charge in [-0.05, 0) is 30.7 Å². The monoisotopic (exact) mass is 405 g/mol. The van der Waals surface area contributed by atoms with Gasteiger partial charge in [-0.15, -0.1) is 5.10 Å². The molecule has 1 aliphatic rings. The van der Waals surface area contributed by atoms with Crippen LogP contribution >= 0.6 is 0 Å². The van der Waals surface area contributed by atoms with Gasteiger partial charge in [-0.3, -0.25) is 9.69 Å². The fraction of sp³-hybridized carbons (Fsp3) is 0.348. The predicted molar refractivity (Wildman–Crippen MR) is 116 cm³/mol. The minimum Gasteiger partial charge on any atom is -0.497 e. The molecule has 0 unspecified atom stereocenters. The Bertz CT molecular complexity index is 947. The number of methoxy groups -OCH3 is 1. The normalized spacial score (nSPS) is 14.6. The average molecular weight is 406 g/mol. The number of anilines is 1. The summed E-state index contributed by atoms with van der Waals surface area (Å²) in [6.07, 6.45) is 2.51. The molecule has 1 saturated heterocycles. The van der Waals surface area contributed by atoms with Gasteiger partial charge in [-0.2, -0.15) is 9.90 Å². The number of aromatic nitrogens is 3. The van der Waals surface area contributed by atoms with Crippen molar-refractivity contribution < 1.29 is 9.53 Å². The Kier molecular flexibility index (Phi) is 6.39. The maximum atomic E-state index is 12.4. The molecular formula is C23H27N5O2. The standard InChI is InChI=1S/C23H27N5O2/c1-30-21-10-8-20(9-11-21)27-16-14-26(15-17-27)12-5-13-28-24-18-22(25-28)23(29)19-6-3-2-4-7-19/h2-4,6-11,18H,5,12-17H2,1H3. The van der Waals surface area contributed by atoms with E-state index in [4.69, 9.17) is 4.74 Å². The fourth-order valence-corrected chi connectivity index (χ4v) is 3.70. The van der Waals surface area contributed by atoms with Gasteiger partial charge in [0.1, 0.15) is 5.75 Å². The molecule has 0 bridgehead atoms. The number of benzene rings is 2. The number of hydrogen-bond acceptors (Lipinski definition) is 6. The lowest BCUT2D eigenvalue weighted by Gasteiger charge is -2.36. The van der Waals surface area contributed by atoms with Crippen LogP contribution in [-0.4, -0.2) is 65.5 Å². The molecule has 0 spiro atoms. The van der Waals surface area contributed by atoms with Gasteiger partial charge in [-0.1, -0.05) is 30.3 Å². The van der Waals surface area contributed by atoms with Crippen LogP contribution in [0.25, 0.3) is 0 Å². The second kappa shape index (κ2) is 9.54. The lowest BCUT2D eigenvalue weighted by molar-refractivity contribution is 0.103. The first kappa shape index (κ1) is 20.1. The van der Waals surface area contributed by atoms with Gasteiger partial charge in [0.15, 0.2) is 5.69 Å². The van der Waals surface area contributed by atoms with E-state index in [1.807, 2.05) is 30.3 Å². The quantitative estimate of drug-likeness (QED) is 0.537. The van der Waals surface area contributed by atoms with Crippen molar-refractivity contribution in [2.45, 2.75) is 13.0 Å². The summed E-state index contributed by atoms with van der Waals surface area (Å²) in [5.41, 5.74) is 2.28. The summed E-state index contributed by atoms with van der Waals surface area (Å²) in [7, 11) is 1.69. The van der Waals surface area contributed by atoms with E-state index in [1.165, 1.54) is 5.69 Å².